The maximum Gasteiger partial charge on any atom is 0.337 e. The summed E-state index contributed by atoms with van der Waals surface area (Å²) in [5, 5.41) is 9.69. The summed E-state index contributed by atoms with van der Waals surface area (Å²) in [7, 11) is 1.31. The Balaban J connectivity index is 2.21. The number of ketones is 2. The predicted molar refractivity (Wildman–Crippen MR) is 79.7 cm³/mol. The topological polar surface area (TPSA) is 80.7 Å². The first-order valence-electron chi connectivity index (χ1n) is 7.14. The van der Waals surface area contributed by atoms with E-state index in [1.807, 2.05) is 0 Å². The monoisotopic (exact) mass is 302 g/mol. The van der Waals surface area contributed by atoms with Gasteiger partial charge in [0.25, 0.3) is 0 Å². The van der Waals surface area contributed by atoms with Gasteiger partial charge in [0.1, 0.15) is 5.76 Å². The van der Waals surface area contributed by atoms with Crippen molar-refractivity contribution >= 4 is 17.5 Å². The fourth-order valence-electron chi connectivity index (χ4n) is 2.62. The van der Waals surface area contributed by atoms with Crippen molar-refractivity contribution in [3.8, 4) is 0 Å². The van der Waals surface area contributed by atoms with E-state index >= 15 is 0 Å². The molecule has 0 radical (unpaired) electrons. The first-order chi connectivity index (χ1) is 10.5. The van der Waals surface area contributed by atoms with Crippen molar-refractivity contribution in [3.05, 3.63) is 46.7 Å². The highest BCUT2D eigenvalue weighted by molar-refractivity contribution is 6.22. The van der Waals surface area contributed by atoms with E-state index in [9.17, 15) is 19.5 Å². The van der Waals surface area contributed by atoms with E-state index in [0.717, 1.165) is 5.56 Å². The number of hydrogen-bond donors (Lipinski definition) is 1. The van der Waals surface area contributed by atoms with Crippen molar-refractivity contribution < 1.29 is 24.2 Å². The van der Waals surface area contributed by atoms with Gasteiger partial charge in [-0.1, -0.05) is 19.1 Å². The van der Waals surface area contributed by atoms with Gasteiger partial charge in [0.2, 0.25) is 0 Å². The van der Waals surface area contributed by atoms with Gasteiger partial charge in [-0.3, -0.25) is 9.59 Å². The number of esters is 1. The van der Waals surface area contributed by atoms with Gasteiger partial charge in [-0.15, -0.1) is 0 Å². The lowest BCUT2D eigenvalue weighted by molar-refractivity contribution is -0.124. The first-order valence-corrected chi connectivity index (χ1v) is 7.14. The molecule has 0 aliphatic heterocycles. The number of ether oxygens (including phenoxy) is 1. The van der Waals surface area contributed by atoms with E-state index < -0.39 is 5.97 Å². The summed E-state index contributed by atoms with van der Waals surface area (Å²) in [6, 6.07) is 6.69. The Bertz CT molecular complexity index is 620. The molecule has 5 heteroatoms. The summed E-state index contributed by atoms with van der Waals surface area (Å²) in [4.78, 5) is 35.6. The number of Topliss-reactive ketones (excluding diaryl/α,β-unsaturated/α-hetero) is 2. The van der Waals surface area contributed by atoms with Crippen LogP contribution in [0.15, 0.2) is 35.6 Å². The average molecular weight is 302 g/mol. The minimum Gasteiger partial charge on any atom is -0.511 e. The first kappa shape index (κ1) is 15.9. The quantitative estimate of drug-likeness (QED) is 0.402. The number of methoxy groups -OCH3 is 1. The maximum atomic E-state index is 12.1. The summed E-state index contributed by atoms with van der Waals surface area (Å²) >= 11 is 0. The lowest BCUT2D eigenvalue weighted by Gasteiger charge is -2.23. The zero-order chi connectivity index (χ0) is 16.3. The number of aliphatic hydroxyl groups excluding tert-OH is 1. The summed E-state index contributed by atoms with van der Waals surface area (Å²) in [6.45, 7) is 1.69. The van der Waals surface area contributed by atoms with Crippen LogP contribution in [0, 0.1) is 0 Å². The van der Waals surface area contributed by atoms with Gasteiger partial charge in [0.05, 0.1) is 18.2 Å². The Morgan fingerprint density at radius 2 is 1.73 bits per heavy atom. The highest BCUT2D eigenvalue weighted by Gasteiger charge is 2.33. The second-order valence-corrected chi connectivity index (χ2v) is 5.24. The second kappa shape index (κ2) is 6.56. The molecule has 1 N–H and O–H groups in total. The van der Waals surface area contributed by atoms with Crippen LogP contribution in [0.2, 0.25) is 0 Å². The Morgan fingerprint density at radius 1 is 1.18 bits per heavy atom. The fraction of sp³-hybridized carbons (Fsp3) is 0.353. The van der Waals surface area contributed by atoms with Crippen molar-refractivity contribution in [2.45, 2.75) is 32.1 Å². The third-order valence-electron chi connectivity index (χ3n) is 3.85. The van der Waals surface area contributed by atoms with Crippen LogP contribution in [0.3, 0.4) is 0 Å². The molecule has 116 valence electrons. The number of aliphatic hydroxyl groups is 1. The van der Waals surface area contributed by atoms with Crippen molar-refractivity contribution in [3.63, 3.8) is 0 Å². The second-order valence-electron chi connectivity index (χ2n) is 5.24. The molecule has 0 amide bonds. The zero-order valence-corrected chi connectivity index (χ0v) is 12.6. The molecule has 0 bridgehead atoms. The number of carbonyl (C=O) groups is 3. The van der Waals surface area contributed by atoms with Gasteiger partial charge in [-0.2, -0.15) is 0 Å². The molecule has 0 saturated heterocycles. The van der Waals surface area contributed by atoms with Crippen LogP contribution >= 0.6 is 0 Å². The third kappa shape index (κ3) is 3.08. The highest BCUT2D eigenvalue weighted by atomic mass is 16.5. The number of hydrogen-bond acceptors (Lipinski definition) is 5. The minimum absolute atomic E-state index is 0.0510. The summed E-state index contributed by atoms with van der Waals surface area (Å²) < 4.78 is 4.63. The lowest BCUT2D eigenvalue weighted by Crippen LogP contribution is -2.26. The SMILES string of the molecule is CCC(O)=C1C(=O)CC(c2ccc(C(=O)OC)cc2)CC1=O. The van der Waals surface area contributed by atoms with Gasteiger partial charge >= 0.3 is 5.97 Å². The molecule has 1 aromatic rings. The van der Waals surface area contributed by atoms with E-state index in [2.05, 4.69) is 4.74 Å². The lowest BCUT2D eigenvalue weighted by atomic mass is 9.79. The Kier molecular flexibility index (Phi) is 4.75. The van der Waals surface area contributed by atoms with Gasteiger partial charge in [0.15, 0.2) is 11.6 Å². The van der Waals surface area contributed by atoms with Gasteiger partial charge in [0, 0.05) is 19.3 Å². The van der Waals surface area contributed by atoms with E-state index in [1.165, 1.54) is 7.11 Å². The molecule has 0 unspecified atom stereocenters. The highest BCUT2D eigenvalue weighted by Crippen LogP contribution is 2.32. The average Bonchev–Trinajstić information content (AvgIpc) is 2.53. The molecule has 22 heavy (non-hydrogen) atoms. The van der Waals surface area contributed by atoms with E-state index in [0.29, 0.717) is 5.56 Å². The Labute approximate surface area is 128 Å². The van der Waals surface area contributed by atoms with Crippen LogP contribution < -0.4 is 0 Å². The smallest absolute Gasteiger partial charge is 0.337 e. The maximum absolute atomic E-state index is 12.1. The van der Waals surface area contributed by atoms with Crippen molar-refractivity contribution in [1.82, 2.24) is 0 Å². The molecule has 5 nitrogen and oxygen atoms in total. The molecule has 0 heterocycles. The normalized spacial score (nSPS) is 18.3. The number of carbonyl (C=O) groups excluding carboxylic acids is 3. The molecule has 1 aromatic carbocycles. The Morgan fingerprint density at radius 3 is 2.18 bits per heavy atom. The van der Waals surface area contributed by atoms with Crippen LogP contribution in [0.1, 0.15) is 48.0 Å². The molecule has 1 aliphatic rings. The van der Waals surface area contributed by atoms with Crippen LogP contribution in [-0.4, -0.2) is 29.8 Å². The Hall–Kier alpha value is -2.43. The summed E-state index contributed by atoms with van der Waals surface area (Å²) in [5.74, 6) is -1.43. The summed E-state index contributed by atoms with van der Waals surface area (Å²) in [5.41, 5.74) is 1.19. The molecule has 0 spiro atoms. The predicted octanol–water partition coefficient (Wildman–Crippen LogP) is 2.71. The molecule has 1 fully saturated rings. The molecule has 0 atom stereocenters. The molecule has 1 aliphatic carbocycles. The summed E-state index contributed by atoms with van der Waals surface area (Å²) in [6.07, 6.45) is 0.636. The van der Waals surface area contributed by atoms with Gasteiger partial charge < -0.3 is 9.84 Å². The van der Waals surface area contributed by atoms with Gasteiger partial charge in [-0.05, 0) is 23.6 Å². The molecule has 1 saturated carbocycles. The van der Waals surface area contributed by atoms with Crippen molar-refractivity contribution in [2.24, 2.45) is 0 Å². The van der Waals surface area contributed by atoms with E-state index in [4.69, 9.17) is 0 Å². The standard InChI is InChI=1S/C17H18O5/c1-3-13(18)16-14(19)8-12(9-15(16)20)10-4-6-11(7-5-10)17(21)22-2/h4-7,12,18H,3,8-9H2,1-2H3. The number of allylic oxidation sites excluding steroid dienone is 2. The number of rotatable bonds is 3. The van der Waals surface area contributed by atoms with Crippen LogP contribution in [0.4, 0.5) is 0 Å². The van der Waals surface area contributed by atoms with E-state index in [1.54, 1.807) is 31.2 Å². The van der Waals surface area contributed by atoms with Crippen molar-refractivity contribution in [1.29, 1.82) is 0 Å². The molecular weight excluding hydrogens is 284 g/mol. The van der Waals surface area contributed by atoms with Crippen LogP contribution in [-0.2, 0) is 14.3 Å². The van der Waals surface area contributed by atoms with Crippen LogP contribution in [0.5, 0.6) is 0 Å². The fourth-order valence-corrected chi connectivity index (χ4v) is 2.62. The molecule has 0 aromatic heterocycles. The largest absolute Gasteiger partial charge is 0.511 e. The van der Waals surface area contributed by atoms with E-state index in [-0.39, 0.29) is 48.1 Å². The molecule has 2 rings (SSSR count). The van der Waals surface area contributed by atoms with Crippen molar-refractivity contribution in [2.75, 3.05) is 7.11 Å². The number of benzene rings is 1. The molecular formula is C17H18O5. The third-order valence-corrected chi connectivity index (χ3v) is 3.85. The zero-order valence-electron chi connectivity index (χ0n) is 12.6. The minimum atomic E-state index is -0.430. The van der Waals surface area contributed by atoms with Crippen LogP contribution in [0.25, 0.3) is 0 Å². The van der Waals surface area contributed by atoms with Gasteiger partial charge in [-0.25, -0.2) is 4.79 Å².